The van der Waals surface area contributed by atoms with Gasteiger partial charge in [0.15, 0.2) is 17.5 Å². The van der Waals surface area contributed by atoms with Crippen LogP contribution >= 0.6 is 0 Å². The molecule has 0 aliphatic heterocycles. The number of nitrogens with two attached hydrogens (primary N) is 1. The van der Waals surface area contributed by atoms with Gasteiger partial charge in [-0.3, -0.25) is 4.68 Å². The highest BCUT2D eigenvalue weighted by Crippen LogP contribution is 2.27. The van der Waals surface area contributed by atoms with E-state index in [-0.39, 0.29) is 0 Å². The number of aliphatic imine (C=N–C) groups is 1. The maximum absolute atomic E-state index is 5.91. The van der Waals surface area contributed by atoms with Gasteiger partial charge in [-0.05, 0) is 31.0 Å². The van der Waals surface area contributed by atoms with Crippen LogP contribution in [-0.2, 0) is 20.0 Å². The molecule has 0 aliphatic rings. The number of rotatable bonds is 7. The molecule has 0 saturated carbocycles. The first-order valence-corrected chi connectivity index (χ1v) is 7.77. The van der Waals surface area contributed by atoms with E-state index >= 15 is 0 Å². The second-order valence-corrected chi connectivity index (χ2v) is 5.45. The number of hydrogen-bond acceptors (Lipinski definition) is 4. The van der Waals surface area contributed by atoms with Crippen LogP contribution < -0.4 is 20.5 Å². The molecule has 24 heavy (non-hydrogen) atoms. The molecule has 0 bridgehead atoms. The molecule has 0 saturated heterocycles. The lowest BCUT2D eigenvalue weighted by Crippen LogP contribution is -2.33. The molecule has 2 rings (SSSR count). The Morgan fingerprint density at radius 2 is 2.04 bits per heavy atom. The number of aromatic nitrogens is 2. The molecule has 1 aromatic heterocycles. The molecule has 0 spiro atoms. The predicted molar refractivity (Wildman–Crippen MR) is 94.5 cm³/mol. The summed E-state index contributed by atoms with van der Waals surface area (Å²) in [7, 11) is 5.17. The molecule has 0 aliphatic carbocycles. The fourth-order valence-electron chi connectivity index (χ4n) is 2.30. The van der Waals surface area contributed by atoms with Gasteiger partial charge in [0.05, 0.1) is 27.0 Å². The monoisotopic (exact) mass is 331 g/mol. The molecule has 0 radical (unpaired) electrons. The van der Waals surface area contributed by atoms with E-state index in [1.165, 1.54) is 0 Å². The van der Waals surface area contributed by atoms with Gasteiger partial charge in [-0.25, -0.2) is 4.99 Å². The number of methoxy groups -OCH3 is 2. The van der Waals surface area contributed by atoms with Crippen molar-refractivity contribution in [2.45, 2.75) is 19.9 Å². The molecule has 2 aromatic rings. The van der Waals surface area contributed by atoms with Gasteiger partial charge in [0.25, 0.3) is 0 Å². The van der Waals surface area contributed by atoms with E-state index in [9.17, 15) is 0 Å². The topological polar surface area (TPSA) is 86.7 Å². The van der Waals surface area contributed by atoms with Crippen molar-refractivity contribution in [3.63, 3.8) is 0 Å². The Labute approximate surface area is 142 Å². The summed E-state index contributed by atoms with van der Waals surface area (Å²) in [5, 5.41) is 7.31. The summed E-state index contributed by atoms with van der Waals surface area (Å²) in [5.74, 6) is 1.88. The number of hydrogen-bond donors (Lipinski definition) is 2. The van der Waals surface area contributed by atoms with Crippen LogP contribution in [0.2, 0.25) is 0 Å². The first-order valence-electron chi connectivity index (χ1n) is 7.77. The van der Waals surface area contributed by atoms with Crippen molar-refractivity contribution >= 4 is 5.96 Å². The van der Waals surface area contributed by atoms with Crippen molar-refractivity contribution in [2.24, 2.45) is 17.8 Å². The van der Waals surface area contributed by atoms with E-state index in [2.05, 4.69) is 15.4 Å². The van der Waals surface area contributed by atoms with E-state index in [1.807, 2.05) is 43.0 Å². The van der Waals surface area contributed by atoms with Crippen LogP contribution in [0, 0.1) is 6.92 Å². The average Bonchev–Trinajstić information content (AvgIpc) is 2.91. The van der Waals surface area contributed by atoms with Gasteiger partial charge in [-0.15, -0.1) is 0 Å². The first kappa shape index (κ1) is 17.7. The Balaban J connectivity index is 1.85. The Morgan fingerprint density at radius 1 is 1.29 bits per heavy atom. The van der Waals surface area contributed by atoms with E-state index in [0.717, 1.165) is 34.7 Å². The maximum atomic E-state index is 5.91. The summed E-state index contributed by atoms with van der Waals surface area (Å²) in [6.45, 7) is 3.23. The number of nitrogens with zero attached hydrogens (tertiary/aromatic N) is 3. The largest absolute Gasteiger partial charge is 0.493 e. The van der Waals surface area contributed by atoms with Crippen LogP contribution in [0.3, 0.4) is 0 Å². The lowest BCUT2D eigenvalue weighted by molar-refractivity contribution is 0.354. The van der Waals surface area contributed by atoms with Crippen LogP contribution in [0.4, 0.5) is 0 Å². The standard InChI is InChI=1S/C17H25N5O2/c1-12-14(11-21-22(12)2)10-20-17(18)19-8-7-13-5-6-15(23-3)16(9-13)24-4/h5-6,9,11H,7-8,10H2,1-4H3,(H3,18,19,20). The van der Waals surface area contributed by atoms with E-state index in [1.54, 1.807) is 14.2 Å². The highest BCUT2D eigenvalue weighted by atomic mass is 16.5. The molecule has 1 heterocycles. The Kier molecular flexibility index (Phi) is 6.06. The zero-order valence-electron chi connectivity index (χ0n) is 14.7. The van der Waals surface area contributed by atoms with Crippen molar-refractivity contribution in [3.8, 4) is 11.5 Å². The number of guanidine groups is 1. The highest BCUT2D eigenvalue weighted by molar-refractivity contribution is 5.77. The van der Waals surface area contributed by atoms with Crippen LogP contribution in [0.25, 0.3) is 0 Å². The minimum atomic E-state index is 0.429. The Hall–Kier alpha value is -2.70. The molecule has 3 N–H and O–H groups in total. The van der Waals surface area contributed by atoms with Gasteiger partial charge in [0, 0.05) is 24.8 Å². The smallest absolute Gasteiger partial charge is 0.188 e. The molecule has 1 aromatic carbocycles. The number of benzene rings is 1. The molecule has 7 nitrogen and oxygen atoms in total. The third-order valence-corrected chi connectivity index (χ3v) is 3.92. The van der Waals surface area contributed by atoms with Crippen molar-refractivity contribution in [2.75, 3.05) is 20.8 Å². The highest BCUT2D eigenvalue weighted by Gasteiger charge is 2.05. The zero-order valence-corrected chi connectivity index (χ0v) is 14.7. The van der Waals surface area contributed by atoms with Gasteiger partial charge < -0.3 is 20.5 Å². The molecular weight excluding hydrogens is 306 g/mol. The summed E-state index contributed by atoms with van der Waals surface area (Å²) in [6, 6.07) is 5.87. The van der Waals surface area contributed by atoms with Crippen molar-refractivity contribution in [3.05, 3.63) is 41.2 Å². The quantitative estimate of drug-likeness (QED) is 0.591. The molecule has 0 amide bonds. The van der Waals surface area contributed by atoms with Crippen molar-refractivity contribution in [1.82, 2.24) is 15.1 Å². The van der Waals surface area contributed by atoms with E-state index in [0.29, 0.717) is 19.0 Å². The lowest BCUT2D eigenvalue weighted by atomic mass is 10.1. The maximum Gasteiger partial charge on any atom is 0.188 e. The molecule has 130 valence electrons. The summed E-state index contributed by atoms with van der Waals surface area (Å²) in [4.78, 5) is 4.35. The zero-order chi connectivity index (χ0) is 17.5. The third kappa shape index (κ3) is 4.41. The summed E-state index contributed by atoms with van der Waals surface area (Å²) >= 11 is 0. The summed E-state index contributed by atoms with van der Waals surface area (Å²) < 4.78 is 12.4. The summed E-state index contributed by atoms with van der Waals surface area (Å²) in [5.41, 5.74) is 9.21. The van der Waals surface area contributed by atoms with Gasteiger partial charge in [0.1, 0.15) is 0 Å². The second-order valence-electron chi connectivity index (χ2n) is 5.45. The Bertz CT molecular complexity index is 709. The van der Waals surface area contributed by atoms with Gasteiger partial charge in [-0.1, -0.05) is 6.07 Å². The SMILES string of the molecule is COc1ccc(CCNC(N)=NCc2cnn(C)c2C)cc1OC. The second kappa shape index (κ2) is 8.24. The number of aryl methyl sites for hydroxylation is 1. The average molecular weight is 331 g/mol. The fraction of sp³-hybridized carbons (Fsp3) is 0.412. The van der Waals surface area contributed by atoms with Gasteiger partial charge in [-0.2, -0.15) is 5.10 Å². The first-order chi connectivity index (χ1) is 11.5. The number of nitrogens with one attached hydrogen (secondary N) is 1. The minimum absolute atomic E-state index is 0.429. The Morgan fingerprint density at radius 3 is 2.67 bits per heavy atom. The van der Waals surface area contributed by atoms with Crippen molar-refractivity contribution < 1.29 is 9.47 Å². The number of ether oxygens (including phenoxy) is 2. The van der Waals surface area contributed by atoms with Crippen LogP contribution in [-0.4, -0.2) is 36.5 Å². The van der Waals surface area contributed by atoms with E-state index in [4.69, 9.17) is 15.2 Å². The summed E-state index contributed by atoms with van der Waals surface area (Å²) in [6.07, 6.45) is 2.62. The van der Waals surface area contributed by atoms with Crippen LogP contribution in [0.15, 0.2) is 29.4 Å². The minimum Gasteiger partial charge on any atom is -0.493 e. The van der Waals surface area contributed by atoms with Gasteiger partial charge >= 0.3 is 0 Å². The van der Waals surface area contributed by atoms with Gasteiger partial charge in [0.2, 0.25) is 0 Å². The fourth-order valence-corrected chi connectivity index (χ4v) is 2.30. The van der Waals surface area contributed by atoms with Crippen LogP contribution in [0.5, 0.6) is 11.5 Å². The van der Waals surface area contributed by atoms with E-state index < -0.39 is 0 Å². The molecule has 0 atom stereocenters. The lowest BCUT2D eigenvalue weighted by Gasteiger charge is -2.10. The van der Waals surface area contributed by atoms with Crippen molar-refractivity contribution in [1.29, 1.82) is 0 Å². The van der Waals surface area contributed by atoms with Crippen LogP contribution in [0.1, 0.15) is 16.8 Å². The molecule has 0 unspecified atom stereocenters. The molecular formula is C17H25N5O2. The normalized spacial score (nSPS) is 11.4. The predicted octanol–water partition coefficient (Wildman–Crippen LogP) is 1.39. The third-order valence-electron chi connectivity index (χ3n) is 3.92. The molecule has 0 fully saturated rings. The molecule has 7 heteroatoms.